The van der Waals surface area contributed by atoms with E-state index < -0.39 is 36.4 Å². The van der Waals surface area contributed by atoms with Crippen LogP contribution >= 0.6 is 0 Å². The van der Waals surface area contributed by atoms with Gasteiger partial charge in [-0.1, -0.05) is 35.5 Å². The Morgan fingerprint density at radius 1 is 1.10 bits per heavy atom. The van der Waals surface area contributed by atoms with Gasteiger partial charge in [0.25, 0.3) is 0 Å². The number of esters is 1. The quantitative estimate of drug-likeness (QED) is 0.628. The summed E-state index contributed by atoms with van der Waals surface area (Å²) in [5.41, 5.74) is 2.14. The summed E-state index contributed by atoms with van der Waals surface area (Å²) >= 11 is 0. The van der Waals surface area contributed by atoms with Gasteiger partial charge < -0.3 is 18.9 Å². The average molecular weight is 395 g/mol. The van der Waals surface area contributed by atoms with Gasteiger partial charge in [0.2, 0.25) is 0 Å². The Hall–Kier alpha value is -2.81. The molecule has 8 heteroatoms. The molecule has 0 aliphatic carbocycles. The van der Waals surface area contributed by atoms with Crippen LogP contribution in [0.1, 0.15) is 24.2 Å². The third-order valence-corrected chi connectivity index (χ3v) is 5.11. The van der Waals surface area contributed by atoms with Crippen molar-refractivity contribution in [2.24, 2.45) is 0 Å². The summed E-state index contributed by atoms with van der Waals surface area (Å²) in [6.07, 6.45) is -2.26. The van der Waals surface area contributed by atoms with Crippen molar-refractivity contribution in [2.45, 2.75) is 50.8 Å². The van der Waals surface area contributed by atoms with E-state index in [0.29, 0.717) is 12.1 Å². The van der Waals surface area contributed by atoms with Gasteiger partial charge in [-0.3, -0.25) is 0 Å². The molecule has 0 radical (unpaired) electrons. The molecule has 2 aromatic carbocycles. The van der Waals surface area contributed by atoms with Gasteiger partial charge in [0.1, 0.15) is 11.6 Å². The van der Waals surface area contributed by atoms with E-state index in [1.807, 2.05) is 44.2 Å². The minimum absolute atomic E-state index is 0.355. The third-order valence-electron chi connectivity index (χ3n) is 5.11. The van der Waals surface area contributed by atoms with Crippen LogP contribution in [0.2, 0.25) is 0 Å². The van der Waals surface area contributed by atoms with Gasteiger partial charge in [-0.25, -0.2) is 9.48 Å². The first kappa shape index (κ1) is 18.2. The van der Waals surface area contributed by atoms with Crippen LogP contribution in [0.4, 0.5) is 0 Å². The van der Waals surface area contributed by atoms with Gasteiger partial charge in [-0.2, -0.15) is 0 Å². The molecule has 4 atom stereocenters. The van der Waals surface area contributed by atoms with Gasteiger partial charge in [0, 0.05) is 0 Å². The summed E-state index contributed by atoms with van der Waals surface area (Å²) < 4.78 is 25.5. The number of para-hydroxylation sites is 1. The van der Waals surface area contributed by atoms with E-state index in [4.69, 9.17) is 18.9 Å². The van der Waals surface area contributed by atoms with Crippen LogP contribution in [-0.2, 0) is 25.5 Å². The van der Waals surface area contributed by atoms with Crippen LogP contribution in [0.25, 0.3) is 11.0 Å². The van der Waals surface area contributed by atoms with Crippen molar-refractivity contribution in [3.63, 3.8) is 0 Å². The predicted molar refractivity (Wildman–Crippen MR) is 102 cm³/mol. The molecule has 150 valence electrons. The number of aromatic nitrogens is 3. The molecular weight excluding hydrogens is 374 g/mol. The Kier molecular flexibility index (Phi) is 4.34. The predicted octanol–water partition coefficient (Wildman–Crippen LogP) is 2.53. The standard InChI is InChI=1S/C21H21N3O5/c1-21(2)28-18-17(27-19(25)13-8-4-3-5-9-13)16(26-20(18)29-21)12-24-15-11-7-6-10-14(15)22-23-24/h3-11,16-18,20H,12H2,1-2H3/t16-,17+,18-,20-/m1/s1. The summed E-state index contributed by atoms with van der Waals surface area (Å²) in [7, 11) is 0. The Labute approximate surface area is 167 Å². The zero-order valence-electron chi connectivity index (χ0n) is 16.1. The molecule has 2 aliphatic heterocycles. The highest BCUT2D eigenvalue weighted by molar-refractivity contribution is 5.89. The fraction of sp³-hybridized carbons (Fsp3) is 0.381. The Morgan fingerprint density at radius 2 is 1.86 bits per heavy atom. The topological polar surface area (TPSA) is 84.7 Å². The fourth-order valence-corrected chi connectivity index (χ4v) is 3.82. The zero-order chi connectivity index (χ0) is 20.0. The Balaban J connectivity index is 1.41. The molecule has 2 saturated heterocycles. The summed E-state index contributed by atoms with van der Waals surface area (Å²) in [5, 5.41) is 8.39. The van der Waals surface area contributed by atoms with Crippen LogP contribution < -0.4 is 0 Å². The van der Waals surface area contributed by atoms with E-state index in [-0.39, 0.29) is 0 Å². The number of hydrogen-bond acceptors (Lipinski definition) is 7. The van der Waals surface area contributed by atoms with E-state index in [9.17, 15) is 4.79 Å². The third kappa shape index (κ3) is 3.39. The molecule has 29 heavy (non-hydrogen) atoms. The number of rotatable bonds is 4. The summed E-state index contributed by atoms with van der Waals surface area (Å²) in [6, 6.07) is 16.5. The molecule has 3 heterocycles. The molecule has 2 fully saturated rings. The lowest BCUT2D eigenvalue weighted by Gasteiger charge is -2.25. The lowest BCUT2D eigenvalue weighted by Crippen LogP contribution is -2.40. The van der Waals surface area contributed by atoms with Crippen LogP contribution in [-0.4, -0.2) is 51.4 Å². The summed E-state index contributed by atoms with van der Waals surface area (Å²) in [5.74, 6) is -1.24. The lowest BCUT2D eigenvalue weighted by atomic mass is 10.1. The largest absolute Gasteiger partial charge is 0.453 e. The van der Waals surface area contributed by atoms with E-state index >= 15 is 0 Å². The highest BCUT2D eigenvalue weighted by atomic mass is 16.8. The van der Waals surface area contributed by atoms with E-state index in [1.165, 1.54) is 0 Å². The van der Waals surface area contributed by atoms with Crippen LogP contribution in [0.3, 0.4) is 0 Å². The molecule has 0 N–H and O–H groups in total. The molecule has 8 nitrogen and oxygen atoms in total. The fourth-order valence-electron chi connectivity index (χ4n) is 3.82. The van der Waals surface area contributed by atoms with Crippen molar-refractivity contribution in [3.8, 4) is 0 Å². The molecule has 2 aliphatic rings. The van der Waals surface area contributed by atoms with Crippen molar-refractivity contribution >= 4 is 17.0 Å². The second kappa shape index (κ2) is 6.91. The number of nitrogens with zero attached hydrogens (tertiary/aromatic N) is 3. The number of hydrogen-bond donors (Lipinski definition) is 0. The van der Waals surface area contributed by atoms with Gasteiger partial charge >= 0.3 is 5.97 Å². The molecular formula is C21H21N3O5. The second-order valence-electron chi connectivity index (χ2n) is 7.64. The lowest BCUT2D eigenvalue weighted by molar-refractivity contribution is -0.216. The smallest absolute Gasteiger partial charge is 0.338 e. The molecule has 1 aromatic heterocycles. The highest BCUT2D eigenvalue weighted by Crippen LogP contribution is 2.39. The summed E-state index contributed by atoms with van der Waals surface area (Å²) in [4.78, 5) is 12.7. The molecule has 0 saturated carbocycles. The van der Waals surface area contributed by atoms with Crippen molar-refractivity contribution in [2.75, 3.05) is 0 Å². The van der Waals surface area contributed by atoms with Crippen LogP contribution in [0.15, 0.2) is 54.6 Å². The number of fused-ring (bicyclic) bond motifs is 2. The molecule has 0 unspecified atom stereocenters. The van der Waals surface area contributed by atoms with Crippen molar-refractivity contribution < 1.29 is 23.7 Å². The van der Waals surface area contributed by atoms with Gasteiger partial charge in [-0.15, -0.1) is 5.10 Å². The van der Waals surface area contributed by atoms with Gasteiger partial charge in [0.05, 0.1) is 17.6 Å². The normalized spacial score (nSPS) is 27.8. The maximum absolute atomic E-state index is 12.7. The molecule has 0 amide bonds. The molecule has 3 aromatic rings. The number of benzene rings is 2. The van der Waals surface area contributed by atoms with Crippen LogP contribution in [0, 0.1) is 0 Å². The highest BCUT2D eigenvalue weighted by Gasteiger charge is 2.56. The average Bonchev–Trinajstić information content (AvgIpc) is 3.34. The first-order valence-corrected chi connectivity index (χ1v) is 9.55. The monoisotopic (exact) mass is 395 g/mol. The number of ether oxygens (including phenoxy) is 4. The molecule has 0 spiro atoms. The van der Waals surface area contributed by atoms with Crippen molar-refractivity contribution in [1.82, 2.24) is 15.0 Å². The number of carbonyl (C=O) groups excluding carboxylic acids is 1. The maximum atomic E-state index is 12.7. The minimum Gasteiger partial charge on any atom is -0.453 e. The van der Waals surface area contributed by atoms with E-state index in [2.05, 4.69) is 10.3 Å². The first-order chi connectivity index (χ1) is 14.0. The van der Waals surface area contributed by atoms with Crippen molar-refractivity contribution in [1.29, 1.82) is 0 Å². The molecule has 0 bridgehead atoms. The van der Waals surface area contributed by atoms with Gasteiger partial charge in [0.15, 0.2) is 24.3 Å². The maximum Gasteiger partial charge on any atom is 0.338 e. The van der Waals surface area contributed by atoms with E-state index in [0.717, 1.165) is 11.0 Å². The minimum atomic E-state index is -0.808. The van der Waals surface area contributed by atoms with Gasteiger partial charge in [-0.05, 0) is 38.1 Å². The second-order valence-corrected chi connectivity index (χ2v) is 7.64. The SMILES string of the molecule is CC1(C)O[C@H]2O[C@H](Cn3nnc4ccccc43)[C@H](OC(=O)c3ccccc3)[C@H]2O1. The Morgan fingerprint density at radius 3 is 2.69 bits per heavy atom. The van der Waals surface area contributed by atoms with E-state index in [1.54, 1.807) is 28.9 Å². The molecule has 5 rings (SSSR count). The summed E-state index contributed by atoms with van der Waals surface area (Å²) in [6.45, 7) is 3.97. The number of carbonyl (C=O) groups is 1. The van der Waals surface area contributed by atoms with Crippen molar-refractivity contribution in [3.05, 3.63) is 60.2 Å². The zero-order valence-corrected chi connectivity index (χ0v) is 16.1. The van der Waals surface area contributed by atoms with Crippen LogP contribution in [0.5, 0.6) is 0 Å². The first-order valence-electron chi connectivity index (χ1n) is 9.55. The Bertz CT molecular complexity index is 1030.